The van der Waals surface area contributed by atoms with Crippen LogP contribution in [0.5, 0.6) is 11.5 Å². The largest absolute Gasteiger partial charge is 0.497 e. The molecule has 1 atom stereocenters. The average molecular weight is 277 g/mol. The molecule has 4 nitrogen and oxygen atoms in total. The summed E-state index contributed by atoms with van der Waals surface area (Å²) >= 11 is 0. The Balaban J connectivity index is 2.93. The number of benzene rings is 1. The minimum atomic E-state index is -0.159. The Labute approximate surface area is 120 Å². The lowest BCUT2D eigenvalue weighted by atomic mass is 10.1. The van der Waals surface area contributed by atoms with Crippen LogP contribution in [0.25, 0.3) is 0 Å². The van der Waals surface area contributed by atoms with Gasteiger partial charge in [0.1, 0.15) is 11.5 Å². The van der Waals surface area contributed by atoms with Gasteiger partial charge in [0.2, 0.25) is 5.91 Å². The Morgan fingerprint density at radius 2 is 2.05 bits per heavy atom. The molecule has 1 aromatic carbocycles. The van der Waals surface area contributed by atoms with Crippen molar-refractivity contribution >= 4 is 5.91 Å². The highest BCUT2D eigenvalue weighted by molar-refractivity contribution is 5.93. The molecule has 110 valence electrons. The first-order chi connectivity index (χ1) is 9.53. The van der Waals surface area contributed by atoms with Crippen LogP contribution in [0.15, 0.2) is 29.8 Å². The first-order valence-electron chi connectivity index (χ1n) is 6.73. The second-order valence-electron chi connectivity index (χ2n) is 4.60. The van der Waals surface area contributed by atoms with Gasteiger partial charge in [0.25, 0.3) is 0 Å². The lowest BCUT2D eigenvalue weighted by molar-refractivity contribution is -0.118. The SMILES string of the molecule is CC/C=C(/C)C(=O)N[C@H](C)c1cc(OC)ccc1OC. The van der Waals surface area contributed by atoms with Crippen LogP contribution in [0.1, 0.15) is 38.8 Å². The van der Waals surface area contributed by atoms with Crippen molar-refractivity contribution in [2.75, 3.05) is 14.2 Å². The van der Waals surface area contributed by atoms with E-state index < -0.39 is 0 Å². The number of rotatable bonds is 6. The minimum Gasteiger partial charge on any atom is -0.497 e. The van der Waals surface area contributed by atoms with E-state index in [2.05, 4.69) is 5.32 Å². The van der Waals surface area contributed by atoms with Crippen LogP contribution in [-0.4, -0.2) is 20.1 Å². The van der Waals surface area contributed by atoms with E-state index >= 15 is 0 Å². The zero-order valence-electron chi connectivity index (χ0n) is 12.8. The van der Waals surface area contributed by atoms with Crippen LogP contribution in [0.2, 0.25) is 0 Å². The van der Waals surface area contributed by atoms with Gasteiger partial charge in [0.05, 0.1) is 20.3 Å². The van der Waals surface area contributed by atoms with E-state index in [0.29, 0.717) is 0 Å². The van der Waals surface area contributed by atoms with Gasteiger partial charge in [-0.05, 0) is 38.5 Å². The van der Waals surface area contributed by atoms with Gasteiger partial charge >= 0.3 is 0 Å². The van der Waals surface area contributed by atoms with Gasteiger partial charge in [-0.15, -0.1) is 0 Å². The van der Waals surface area contributed by atoms with E-state index in [4.69, 9.17) is 9.47 Å². The second-order valence-corrected chi connectivity index (χ2v) is 4.60. The minimum absolute atomic E-state index is 0.0655. The van der Waals surface area contributed by atoms with E-state index in [-0.39, 0.29) is 11.9 Å². The lowest BCUT2D eigenvalue weighted by Gasteiger charge is -2.18. The molecule has 0 unspecified atom stereocenters. The average Bonchev–Trinajstić information content (AvgIpc) is 2.46. The smallest absolute Gasteiger partial charge is 0.247 e. The van der Waals surface area contributed by atoms with Gasteiger partial charge in [-0.2, -0.15) is 0 Å². The molecule has 0 saturated heterocycles. The molecule has 0 aliphatic carbocycles. The standard InChI is InChI=1S/C16H23NO3/c1-6-7-11(2)16(18)17-12(3)14-10-13(19-4)8-9-15(14)20-5/h7-10,12H,6H2,1-5H3,(H,17,18)/b11-7-/t12-/m1/s1. The van der Waals surface area contributed by atoms with Gasteiger partial charge in [-0.25, -0.2) is 0 Å². The van der Waals surface area contributed by atoms with Crippen LogP contribution in [0.3, 0.4) is 0 Å². The fourth-order valence-corrected chi connectivity index (χ4v) is 1.96. The zero-order chi connectivity index (χ0) is 15.1. The molecule has 0 aliphatic rings. The van der Waals surface area contributed by atoms with Crippen molar-refractivity contribution in [3.05, 3.63) is 35.4 Å². The van der Waals surface area contributed by atoms with E-state index in [0.717, 1.165) is 29.1 Å². The molecular formula is C16H23NO3. The van der Waals surface area contributed by atoms with Crippen LogP contribution < -0.4 is 14.8 Å². The van der Waals surface area contributed by atoms with Gasteiger partial charge in [-0.3, -0.25) is 4.79 Å². The molecule has 4 heteroatoms. The third-order valence-corrected chi connectivity index (χ3v) is 3.12. The number of carbonyl (C=O) groups excluding carboxylic acids is 1. The van der Waals surface area contributed by atoms with Crippen molar-refractivity contribution in [3.8, 4) is 11.5 Å². The fourth-order valence-electron chi connectivity index (χ4n) is 1.96. The summed E-state index contributed by atoms with van der Waals surface area (Å²) in [6, 6.07) is 5.39. The summed E-state index contributed by atoms with van der Waals surface area (Å²) < 4.78 is 10.5. The third kappa shape index (κ3) is 4.02. The zero-order valence-corrected chi connectivity index (χ0v) is 12.8. The van der Waals surface area contributed by atoms with Crippen molar-refractivity contribution in [2.24, 2.45) is 0 Å². The second kappa shape index (κ2) is 7.58. The summed E-state index contributed by atoms with van der Waals surface area (Å²) in [7, 11) is 3.23. The van der Waals surface area contributed by atoms with E-state index in [1.165, 1.54) is 0 Å². The first-order valence-corrected chi connectivity index (χ1v) is 6.73. The number of amides is 1. The summed E-state index contributed by atoms with van der Waals surface area (Å²) in [5, 5.41) is 2.96. The molecule has 20 heavy (non-hydrogen) atoms. The number of methoxy groups -OCH3 is 2. The highest BCUT2D eigenvalue weighted by atomic mass is 16.5. The summed E-state index contributed by atoms with van der Waals surface area (Å²) in [5.41, 5.74) is 1.62. The summed E-state index contributed by atoms with van der Waals surface area (Å²) in [6.07, 6.45) is 2.75. The molecule has 0 bridgehead atoms. The van der Waals surface area contributed by atoms with Crippen LogP contribution >= 0.6 is 0 Å². The maximum absolute atomic E-state index is 12.0. The summed E-state index contributed by atoms with van der Waals surface area (Å²) in [6.45, 7) is 5.74. The predicted molar refractivity (Wildman–Crippen MR) is 80.2 cm³/mol. The molecular weight excluding hydrogens is 254 g/mol. The monoisotopic (exact) mass is 277 g/mol. The van der Waals surface area contributed by atoms with Crippen LogP contribution in [0.4, 0.5) is 0 Å². The van der Waals surface area contributed by atoms with Crippen LogP contribution in [0, 0.1) is 0 Å². The number of nitrogens with one attached hydrogen (secondary N) is 1. The predicted octanol–water partition coefficient (Wildman–Crippen LogP) is 3.24. The highest BCUT2D eigenvalue weighted by Crippen LogP contribution is 2.29. The molecule has 0 spiro atoms. The van der Waals surface area contributed by atoms with E-state index in [9.17, 15) is 4.79 Å². The van der Waals surface area contributed by atoms with E-state index in [1.807, 2.05) is 45.0 Å². The Bertz CT molecular complexity index is 494. The maximum atomic E-state index is 12.0. The topological polar surface area (TPSA) is 47.6 Å². The molecule has 1 rings (SSSR count). The third-order valence-electron chi connectivity index (χ3n) is 3.12. The molecule has 0 radical (unpaired) electrons. The number of hydrogen-bond acceptors (Lipinski definition) is 3. The molecule has 1 N–H and O–H groups in total. The first kappa shape index (κ1) is 16.1. The van der Waals surface area contributed by atoms with Crippen molar-refractivity contribution in [1.29, 1.82) is 0 Å². The normalized spacial score (nSPS) is 12.8. The fraction of sp³-hybridized carbons (Fsp3) is 0.438. The van der Waals surface area contributed by atoms with Gasteiger partial charge < -0.3 is 14.8 Å². The highest BCUT2D eigenvalue weighted by Gasteiger charge is 2.15. The Morgan fingerprint density at radius 1 is 1.35 bits per heavy atom. The van der Waals surface area contributed by atoms with Crippen molar-refractivity contribution in [3.63, 3.8) is 0 Å². The molecule has 0 heterocycles. The number of allylic oxidation sites excluding steroid dienone is 1. The Morgan fingerprint density at radius 3 is 2.60 bits per heavy atom. The number of carbonyl (C=O) groups is 1. The Kier molecular flexibility index (Phi) is 6.10. The molecule has 0 saturated carbocycles. The summed E-state index contributed by atoms with van der Waals surface area (Å²) in [5.74, 6) is 1.41. The van der Waals surface area contributed by atoms with E-state index in [1.54, 1.807) is 14.2 Å². The van der Waals surface area contributed by atoms with Crippen molar-refractivity contribution in [2.45, 2.75) is 33.2 Å². The summed E-state index contributed by atoms with van der Waals surface area (Å²) in [4.78, 5) is 12.0. The van der Waals surface area contributed by atoms with Crippen molar-refractivity contribution < 1.29 is 14.3 Å². The van der Waals surface area contributed by atoms with Gasteiger partial charge in [0, 0.05) is 11.1 Å². The van der Waals surface area contributed by atoms with Gasteiger partial charge in [-0.1, -0.05) is 13.0 Å². The molecule has 0 aromatic heterocycles. The number of ether oxygens (including phenoxy) is 2. The lowest BCUT2D eigenvalue weighted by Crippen LogP contribution is -2.27. The molecule has 0 aliphatic heterocycles. The van der Waals surface area contributed by atoms with Crippen LogP contribution in [-0.2, 0) is 4.79 Å². The molecule has 1 aromatic rings. The Hall–Kier alpha value is -1.97. The quantitative estimate of drug-likeness (QED) is 0.812. The van der Waals surface area contributed by atoms with Crippen molar-refractivity contribution in [1.82, 2.24) is 5.32 Å². The molecule has 0 fully saturated rings. The maximum Gasteiger partial charge on any atom is 0.247 e. The molecule has 1 amide bonds. The van der Waals surface area contributed by atoms with Gasteiger partial charge in [0.15, 0.2) is 0 Å². The number of hydrogen-bond donors (Lipinski definition) is 1.